The lowest BCUT2D eigenvalue weighted by Gasteiger charge is -2.50. The predicted octanol–water partition coefficient (Wildman–Crippen LogP) is 5.61. The average molecular weight is 751 g/mol. The maximum atomic E-state index is 15.2. The van der Waals surface area contributed by atoms with Gasteiger partial charge in [0.05, 0.1) is 18.9 Å². The molecule has 6 atom stereocenters. The van der Waals surface area contributed by atoms with Gasteiger partial charge in [0.15, 0.2) is 44.5 Å². The molecule has 16 heteroatoms. The lowest BCUT2D eigenvalue weighted by molar-refractivity contribution is -0.140. The van der Waals surface area contributed by atoms with Crippen LogP contribution in [0.3, 0.4) is 0 Å². The number of hydrogen-bond donors (Lipinski definition) is 2. The molecular weight excluding hydrogens is 726 g/mol. The SMILES string of the molecule is COc1cccc([C@H]2C3=CC[C@@H]4C(=O)N(CCc5ccc(O)cc5)C(=O)[C@@H]4[C@@H]3C[C@@]3(Cl)C(=O)N(c4c(F)c(F)c(F)c(F)c4F)C(=O)[C@@]23Cl)c1O. The summed E-state index contributed by atoms with van der Waals surface area (Å²) in [5.74, 6) is -22.4. The van der Waals surface area contributed by atoms with Gasteiger partial charge < -0.3 is 14.9 Å². The van der Waals surface area contributed by atoms with Crippen molar-refractivity contribution in [2.24, 2.45) is 17.8 Å². The second-order valence-corrected chi connectivity index (χ2v) is 14.1. The number of methoxy groups -OCH3 is 1. The molecule has 2 saturated heterocycles. The molecule has 2 aliphatic heterocycles. The first kappa shape index (κ1) is 34.7. The number of carbonyl (C=O) groups excluding carboxylic acids is 4. The zero-order valence-electron chi connectivity index (χ0n) is 26.2. The number of amides is 4. The van der Waals surface area contributed by atoms with Gasteiger partial charge in [-0.15, -0.1) is 23.2 Å². The van der Waals surface area contributed by atoms with Crippen LogP contribution in [0.5, 0.6) is 17.2 Å². The minimum absolute atomic E-state index is 0.0228. The van der Waals surface area contributed by atoms with E-state index in [1.165, 1.54) is 43.5 Å². The Hall–Kier alpha value is -4.69. The minimum Gasteiger partial charge on any atom is -0.508 e. The lowest BCUT2D eigenvalue weighted by Crippen LogP contribution is -2.60. The van der Waals surface area contributed by atoms with Crippen molar-refractivity contribution < 1.29 is 56.1 Å². The number of aromatic hydroxyl groups is 2. The fourth-order valence-electron chi connectivity index (χ4n) is 8.04. The number of phenolic OH excluding ortho intramolecular Hbond substituents is 2. The number of alkyl halides is 2. The summed E-state index contributed by atoms with van der Waals surface area (Å²) in [6, 6.07) is 10.2. The van der Waals surface area contributed by atoms with Gasteiger partial charge in [-0.25, -0.2) is 26.9 Å². The third-order valence-electron chi connectivity index (χ3n) is 10.4. The molecule has 0 bridgehead atoms. The number of halogens is 7. The van der Waals surface area contributed by atoms with Crippen LogP contribution in [-0.4, -0.2) is 62.1 Å². The van der Waals surface area contributed by atoms with E-state index in [-0.39, 0.29) is 46.9 Å². The number of hydrogen-bond acceptors (Lipinski definition) is 7. The Morgan fingerprint density at radius 1 is 0.843 bits per heavy atom. The minimum atomic E-state index is -2.78. The van der Waals surface area contributed by atoms with Gasteiger partial charge in [0.1, 0.15) is 11.4 Å². The molecule has 4 amide bonds. The van der Waals surface area contributed by atoms with E-state index in [0.717, 1.165) is 4.90 Å². The van der Waals surface area contributed by atoms with Crippen LogP contribution in [0.4, 0.5) is 27.6 Å². The normalized spacial score (nSPS) is 28.5. The molecule has 1 saturated carbocycles. The fourth-order valence-corrected chi connectivity index (χ4v) is 8.97. The Labute approximate surface area is 295 Å². The topological polar surface area (TPSA) is 124 Å². The predicted molar refractivity (Wildman–Crippen MR) is 170 cm³/mol. The van der Waals surface area contributed by atoms with Crippen molar-refractivity contribution in [2.45, 2.75) is 34.9 Å². The van der Waals surface area contributed by atoms with Crippen molar-refractivity contribution in [3.8, 4) is 17.2 Å². The first-order valence-corrected chi connectivity index (χ1v) is 16.3. The highest BCUT2D eigenvalue weighted by Crippen LogP contribution is 2.67. The molecule has 51 heavy (non-hydrogen) atoms. The number of benzene rings is 3. The number of ether oxygens (including phenoxy) is 1. The summed E-state index contributed by atoms with van der Waals surface area (Å²) in [5.41, 5.74) is -1.16. The molecule has 0 unspecified atom stereocenters. The molecule has 2 heterocycles. The Morgan fingerprint density at radius 3 is 2.10 bits per heavy atom. The van der Waals surface area contributed by atoms with Gasteiger partial charge in [-0.3, -0.25) is 24.1 Å². The maximum absolute atomic E-state index is 15.2. The van der Waals surface area contributed by atoms with Crippen LogP contribution in [-0.2, 0) is 25.6 Å². The van der Waals surface area contributed by atoms with Crippen LogP contribution in [0.1, 0.15) is 29.9 Å². The first-order chi connectivity index (χ1) is 24.1. The van der Waals surface area contributed by atoms with E-state index in [2.05, 4.69) is 0 Å². The third kappa shape index (κ3) is 4.64. The van der Waals surface area contributed by atoms with Crippen LogP contribution in [0.2, 0.25) is 0 Å². The van der Waals surface area contributed by atoms with Gasteiger partial charge in [-0.1, -0.05) is 35.9 Å². The van der Waals surface area contributed by atoms with E-state index >= 15 is 8.78 Å². The van der Waals surface area contributed by atoms with Gasteiger partial charge >= 0.3 is 0 Å². The summed E-state index contributed by atoms with van der Waals surface area (Å²) in [6.07, 6.45) is 1.04. The van der Waals surface area contributed by atoms with Crippen LogP contribution < -0.4 is 9.64 Å². The molecule has 0 aromatic heterocycles. The van der Waals surface area contributed by atoms with Crippen molar-refractivity contribution in [3.63, 3.8) is 0 Å². The summed E-state index contributed by atoms with van der Waals surface area (Å²) in [7, 11) is 1.22. The zero-order chi connectivity index (χ0) is 36.9. The molecular formula is C35H25Cl2F5N2O7. The highest BCUT2D eigenvalue weighted by Gasteiger charge is 2.77. The number of carbonyl (C=O) groups is 4. The summed E-state index contributed by atoms with van der Waals surface area (Å²) < 4.78 is 78.5. The number of anilines is 1. The lowest BCUT2D eigenvalue weighted by atomic mass is 9.56. The summed E-state index contributed by atoms with van der Waals surface area (Å²) in [6.45, 7) is -0.0471. The first-order valence-electron chi connectivity index (χ1n) is 15.6. The van der Waals surface area contributed by atoms with Gasteiger partial charge in [0.2, 0.25) is 17.6 Å². The highest BCUT2D eigenvalue weighted by atomic mass is 35.5. The summed E-state index contributed by atoms with van der Waals surface area (Å²) in [4.78, 5) is 51.7. The fraction of sp³-hybridized carbons (Fsp3) is 0.314. The van der Waals surface area contributed by atoms with Gasteiger partial charge in [-0.05, 0) is 48.9 Å². The van der Waals surface area contributed by atoms with Crippen molar-refractivity contribution in [1.82, 2.24) is 4.90 Å². The van der Waals surface area contributed by atoms with E-state index in [1.54, 1.807) is 12.1 Å². The van der Waals surface area contributed by atoms with Gasteiger partial charge in [-0.2, -0.15) is 0 Å². The Kier molecular flexibility index (Phi) is 8.14. The smallest absolute Gasteiger partial charge is 0.258 e. The van der Waals surface area contributed by atoms with Crippen molar-refractivity contribution in [3.05, 3.63) is 94.3 Å². The quantitative estimate of drug-likeness (QED) is 0.0839. The van der Waals surface area contributed by atoms with Crippen LogP contribution in [0.25, 0.3) is 0 Å². The number of imide groups is 2. The molecule has 2 N–H and O–H groups in total. The Morgan fingerprint density at radius 2 is 1.47 bits per heavy atom. The molecule has 4 aliphatic rings. The Bertz CT molecular complexity index is 2070. The number of fused-ring (bicyclic) bond motifs is 4. The number of para-hydroxylation sites is 1. The van der Waals surface area contributed by atoms with E-state index in [9.17, 15) is 42.6 Å². The van der Waals surface area contributed by atoms with Crippen molar-refractivity contribution in [1.29, 1.82) is 0 Å². The number of phenols is 2. The molecule has 0 radical (unpaired) electrons. The van der Waals surface area contributed by atoms with E-state index < -0.39 is 104 Å². The molecule has 0 spiro atoms. The number of allylic oxidation sites excluding steroid dienone is 2. The molecule has 3 fully saturated rings. The van der Waals surface area contributed by atoms with Crippen LogP contribution >= 0.6 is 23.2 Å². The van der Waals surface area contributed by atoms with Crippen molar-refractivity contribution in [2.75, 3.05) is 18.6 Å². The van der Waals surface area contributed by atoms with Crippen molar-refractivity contribution >= 4 is 52.5 Å². The molecule has 266 valence electrons. The van der Waals surface area contributed by atoms with E-state index in [4.69, 9.17) is 27.9 Å². The summed E-state index contributed by atoms with van der Waals surface area (Å²) in [5, 5.41) is 20.9. The van der Waals surface area contributed by atoms with Crippen LogP contribution in [0, 0.1) is 46.8 Å². The average Bonchev–Trinajstić information content (AvgIpc) is 3.44. The largest absolute Gasteiger partial charge is 0.508 e. The molecule has 3 aromatic carbocycles. The Balaban J connectivity index is 1.37. The third-order valence-corrected chi connectivity index (χ3v) is 11.8. The second-order valence-electron chi connectivity index (χ2n) is 12.8. The number of nitrogens with zero attached hydrogens (tertiary/aromatic N) is 2. The molecule has 7 rings (SSSR count). The number of rotatable bonds is 6. The second kappa shape index (κ2) is 11.9. The molecule has 2 aliphatic carbocycles. The maximum Gasteiger partial charge on any atom is 0.258 e. The standard InChI is InChI=1S/C35H25Cl2F5N2O7/c1-51-20-4-2-3-18(29(20)46)22-16-9-10-17-21(31(48)43(30(17)47)12-11-14-5-7-15(45)8-6-14)19(16)13-34(36)32(49)44(33(50)35(22,34)37)28-26(41)24(39)23(38)25(40)27(28)42/h2-9,17,19,21-22,45-46H,10-13H2,1H3/t17-,19+,21-,22+,34+,35-/m0/s1. The summed E-state index contributed by atoms with van der Waals surface area (Å²) >= 11 is 14.2. The highest BCUT2D eigenvalue weighted by molar-refractivity contribution is 6.58. The monoisotopic (exact) mass is 750 g/mol. The van der Waals surface area contributed by atoms with Gasteiger partial charge in [0, 0.05) is 18.0 Å². The van der Waals surface area contributed by atoms with Gasteiger partial charge in [0.25, 0.3) is 11.8 Å². The number of likely N-dealkylation sites (tertiary alicyclic amines) is 1. The van der Waals surface area contributed by atoms with E-state index in [1.807, 2.05) is 0 Å². The van der Waals surface area contributed by atoms with E-state index in [0.29, 0.717) is 5.56 Å². The van der Waals surface area contributed by atoms with Crippen LogP contribution in [0.15, 0.2) is 54.1 Å². The molecule has 9 nitrogen and oxygen atoms in total. The zero-order valence-corrected chi connectivity index (χ0v) is 27.7. The molecule has 3 aromatic rings.